The van der Waals surface area contributed by atoms with Crippen LogP contribution in [-0.4, -0.2) is 48.8 Å². The Balaban J connectivity index is 1.97. The average molecular weight is 265 g/mol. The van der Waals surface area contributed by atoms with Crippen molar-refractivity contribution >= 4 is 6.03 Å². The van der Waals surface area contributed by atoms with Crippen LogP contribution >= 0.6 is 0 Å². The zero-order chi connectivity index (χ0) is 13.2. The van der Waals surface area contributed by atoms with Crippen molar-refractivity contribution in [3.63, 3.8) is 0 Å². The van der Waals surface area contributed by atoms with Gasteiger partial charge in [0.2, 0.25) is 0 Å². The molecule has 2 N–H and O–H groups in total. The van der Waals surface area contributed by atoms with Crippen molar-refractivity contribution in [3.8, 4) is 0 Å². The lowest BCUT2D eigenvalue weighted by Gasteiger charge is -2.35. The highest BCUT2D eigenvalue weighted by atomic mass is 19.4. The van der Waals surface area contributed by atoms with Crippen LogP contribution < -0.4 is 10.6 Å². The number of nitrogens with zero attached hydrogens (tertiary/aromatic N) is 1. The minimum Gasteiger partial charge on any atom is -0.335 e. The first kappa shape index (κ1) is 13.5. The van der Waals surface area contributed by atoms with E-state index in [0.29, 0.717) is 25.9 Å². The van der Waals surface area contributed by atoms with Gasteiger partial charge in [-0.05, 0) is 38.8 Å². The van der Waals surface area contributed by atoms with E-state index in [2.05, 4.69) is 10.6 Å². The van der Waals surface area contributed by atoms with E-state index in [0.717, 1.165) is 17.7 Å². The molecule has 2 aliphatic rings. The summed E-state index contributed by atoms with van der Waals surface area (Å²) in [4.78, 5) is 12.8. The summed E-state index contributed by atoms with van der Waals surface area (Å²) in [6.07, 6.45) is -1.44. The predicted octanol–water partition coefficient (Wildman–Crippen LogP) is 1.47. The van der Waals surface area contributed by atoms with Crippen molar-refractivity contribution in [2.75, 3.05) is 19.6 Å². The molecule has 1 aliphatic heterocycles. The molecule has 0 unspecified atom stereocenters. The molecule has 1 saturated heterocycles. The molecule has 2 amide bonds. The number of urea groups is 1. The normalized spacial score (nSPS) is 21.7. The second-order valence-electron chi connectivity index (χ2n) is 4.95. The van der Waals surface area contributed by atoms with Gasteiger partial charge in [-0.25, -0.2) is 4.79 Å². The summed E-state index contributed by atoms with van der Waals surface area (Å²) in [6, 6.07) is -0.803. The highest BCUT2D eigenvalue weighted by molar-refractivity contribution is 5.75. The van der Waals surface area contributed by atoms with E-state index < -0.39 is 18.8 Å². The lowest BCUT2D eigenvalue weighted by atomic mass is 10.1. The fourth-order valence-corrected chi connectivity index (χ4v) is 2.16. The number of halogens is 3. The van der Waals surface area contributed by atoms with Gasteiger partial charge in [0, 0.05) is 12.1 Å². The summed E-state index contributed by atoms with van der Waals surface area (Å²) in [5.41, 5.74) is 0. The third-order valence-corrected chi connectivity index (χ3v) is 3.26. The molecular weight excluding hydrogens is 247 g/mol. The van der Waals surface area contributed by atoms with Gasteiger partial charge in [0.05, 0.1) is 0 Å². The Morgan fingerprint density at radius 1 is 1.22 bits per heavy atom. The van der Waals surface area contributed by atoms with E-state index in [1.165, 1.54) is 0 Å². The lowest BCUT2D eigenvalue weighted by Crippen LogP contribution is -2.53. The van der Waals surface area contributed by atoms with Crippen LogP contribution in [0.3, 0.4) is 0 Å². The number of hydrogen-bond acceptors (Lipinski definition) is 2. The number of carbonyl (C=O) groups excluding carboxylic acids is 1. The monoisotopic (exact) mass is 265 g/mol. The number of carbonyl (C=O) groups is 1. The zero-order valence-electron chi connectivity index (χ0n) is 10.1. The van der Waals surface area contributed by atoms with E-state index in [1.807, 2.05) is 0 Å². The molecule has 2 fully saturated rings. The summed E-state index contributed by atoms with van der Waals surface area (Å²) in [6.45, 7) is 0.168. The maximum Gasteiger partial charge on any atom is 0.406 e. The third-order valence-electron chi connectivity index (χ3n) is 3.26. The van der Waals surface area contributed by atoms with Gasteiger partial charge in [-0.3, -0.25) is 0 Å². The van der Waals surface area contributed by atoms with Crippen molar-refractivity contribution < 1.29 is 18.0 Å². The Hall–Kier alpha value is -0.980. The Morgan fingerprint density at radius 2 is 1.83 bits per heavy atom. The summed E-state index contributed by atoms with van der Waals surface area (Å²) < 4.78 is 37.6. The van der Waals surface area contributed by atoms with Gasteiger partial charge in [0.25, 0.3) is 0 Å². The Labute approximate surface area is 104 Å². The second-order valence-corrected chi connectivity index (χ2v) is 4.95. The van der Waals surface area contributed by atoms with Gasteiger partial charge in [-0.2, -0.15) is 13.2 Å². The van der Waals surface area contributed by atoms with Crippen LogP contribution in [-0.2, 0) is 0 Å². The predicted molar refractivity (Wildman–Crippen MR) is 60.2 cm³/mol. The molecule has 0 aromatic carbocycles. The SMILES string of the molecule is O=C(NC1CC1)N(CC(F)(F)F)C1CCNCC1. The Kier molecular flexibility index (Phi) is 3.99. The van der Waals surface area contributed by atoms with Gasteiger partial charge in [0.1, 0.15) is 6.54 Å². The first-order valence-corrected chi connectivity index (χ1v) is 6.30. The maximum absolute atomic E-state index is 12.5. The molecule has 1 aliphatic carbocycles. The number of rotatable bonds is 3. The highest BCUT2D eigenvalue weighted by Crippen LogP contribution is 2.23. The van der Waals surface area contributed by atoms with E-state index in [4.69, 9.17) is 0 Å². The fraction of sp³-hybridized carbons (Fsp3) is 0.909. The molecule has 7 heteroatoms. The van der Waals surface area contributed by atoms with Crippen molar-refractivity contribution in [3.05, 3.63) is 0 Å². The maximum atomic E-state index is 12.5. The van der Waals surface area contributed by atoms with Crippen LogP contribution in [0.2, 0.25) is 0 Å². The van der Waals surface area contributed by atoms with Crippen LogP contribution in [0.5, 0.6) is 0 Å². The average Bonchev–Trinajstić information content (AvgIpc) is 3.10. The summed E-state index contributed by atoms with van der Waals surface area (Å²) >= 11 is 0. The molecule has 104 valence electrons. The minimum absolute atomic E-state index is 0.0787. The van der Waals surface area contributed by atoms with Gasteiger partial charge in [-0.1, -0.05) is 0 Å². The molecule has 0 spiro atoms. The Morgan fingerprint density at radius 3 is 2.33 bits per heavy atom. The molecule has 2 rings (SSSR count). The number of amides is 2. The lowest BCUT2D eigenvalue weighted by molar-refractivity contribution is -0.144. The highest BCUT2D eigenvalue weighted by Gasteiger charge is 2.38. The van der Waals surface area contributed by atoms with Gasteiger partial charge in [0.15, 0.2) is 0 Å². The molecule has 1 heterocycles. The van der Waals surface area contributed by atoms with Crippen molar-refractivity contribution in [1.29, 1.82) is 0 Å². The third kappa shape index (κ3) is 4.04. The quantitative estimate of drug-likeness (QED) is 0.811. The molecule has 0 aromatic rings. The van der Waals surface area contributed by atoms with Gasteiger partial charge < -0.3 is 15.5 Å². The van der Waals surface area contributed by atoms with Gasteiger partial charge >= 0.3 is 12.2 Å². The number of alkyl halides is 3. The fourth-order valence-electron chi connectivity index (χ4n) is 2.16. The van der Waals surface area contributed by atoms with Crippen LogP contribution in [0.1, 0.15) is 25.7 Å². The van der Waals surface area contributed by atoms with Crippen LogP contribution in [0.4, 0.5) is 18.0 Å². The largest absolute Gasteiger partial charge is 0.406 e. The molecule has 1 saturated carbocycles. The number of piperidine rings is 1. The van der Waals surface area contributed by atoms with E-state index in [-0.39, 0.29) is 12.1 Å². The molecule has 4 nitrogen and oxygen atoms in total. The molecule has 0 radical (unpaired) electrons. The van der Waals surface area contributed by atoms with Crippen LogP contribution in [0.25, 0.3) is 0 Å². The first-order valence-electron chi connectivity index (χ1n) is 6.30. The van der Waals surface area contributed by atoms with E-state index in [1.54, 1.807) is 0 Å². The molecule has 18 heavy (non-hydrogen) atoms. The summed E-state index contributed by atoms with van der Waals surface area (Å²) in [5, 5.41) is 5.73. The second kappa shape index (κ2) is 5.34. The zero-order valence-corrected chi connectivity index (χ0v) is 10.1. The van der Waals surface area contributed by atoms with Crippen molar-refractivity contribution in [2.24, 2.45) is 0 Å². The smallest absolute Gasteiger partial charge is 0.335 e. The van der Waals surface area contributed by atoms with E-state index >= 15 is 0 Å². The topological polar surface area (TPSA) is 44.4 Å². The van der Waals surface area contributed by atoms with Crippen LogP contribution in [0, 0.1) is 0 Å². The van der Waals surface area contributed by atoms with Crippen LogP contribution in [0.15, 0.2) is 0 Å². The Bertz CT molecular complexity index is 298. The standard InChI is InChI=1S/C11H18F3N3O/c12-11(13,14)7-17(9-3-5-15-6-4-9)10(18)16-8-1-2-8/h8-9,15H,1-7H2,(H,16,18). The molecule has 0 atom stereocenters. The molecule has 0 bridgehead atoms. The molecule has 0 aromatic heterocycles. The minimum atomic E-state index is -4.34. The molecular formula is C11H18F3N3O. The summed E-state index contributed by atoms with van der Waals surface area (Å²) in [5.74, 6) is 0. The summed E-state index contributed by atoms with van der Waals surface area (Å²) in [7, 11) is 0. The number of nitrogens with one attached hydrogen (secondary N) is 2. The first-order chi connectivity index (χ1) is 8.46. The van der Waals surface area contributed by atoms with E-state index in [9.17, 15) is 18.0 Å². The van der Waals surface area contributed by atoms with Crippen molar-refractivity contribution in [2.45, 2.75) is 43.9 Å². The van der Waals surface area contributed by atoms with Gasteiger partial charge in [-0.15, -0.1) is 0 Å². The number of hydrogen-bond donors (Lipinski definition) is 2. The van der Waals surface area contributed by atoms with Crippen molar-refractivity contribution in [1.82, 2.24) is 15.5 Å².